The van der Waals surface area contributed by atoms with Gasteiger partial charge < -0.3 is 11.1 Å². The first-order valence-corrected chi connectivity index (χ1v) is 6.68. The van der Waals surface area contributed by atoms with Crippen LogP contribution in [0.1, 0.15) is 58.8 Å². The molecule has 1 amide bonds. The van der Waals surface area contributed by atoms with Crippen LogP contribution in [0.25, 0.3) is 0 Å². The lowest BCUT2D eigenvalue weighted by molar-refractivity contribution is -0.122. The summed E-state index contributed by atoms with van der Waals surface area (Å²) in [6.45, 7) is 4.03. The molecule has 1 aliphatic carbocycles. The van der Waals surface area contributed by atoms with Crippen molar-refractivity contribution >= 4 is 5.91 Å². The van der Waals surface area contributed by atoms with Crippen LogP contribution in [0, 0.1) is 5.92 Å². The first-order valence-electron chi connectivity index (χ1n) is 6.68. The van der Waals surface area contributed by atoms with Crippen molar-refractivity contribution in [3.63, 3.8) is 0 Å². The van der Waals surface area contributed by atoms with Crippen molar-refractivity contribution in [2.75, 3.05) is 0 Å². The molecule has 0 aliphatic heterocycles. The number of hydrogen-bond acceptors (Lipinski definition) is 2. The molecular weight excluding hydrogens is 200 g/mol. The van der Waals surface area contributed by atoms with Crippen molar-refractivity contribution in [2.24, 2.45) is 11.7 Å². The lowest BCUT2D eigenvalue weighted by Crippen LogP contribution is -2.42. The highest BCUT2D eigenvalue weighted by atomic mass is 16.1. The van der Waals surface area contributed by atoms with Gasteiger partial charge in [0.05, 0.1) is 0 Å². The molecule has 1 saturated carbocycles. The van der Waals surface area contributed by atoms with Gasteiger partial charge in [-0.05, 0) is 32.1 Å². The maximum Gasteiger partial charge on any atom is 0.221 e. The lowest BCUT2D eigenvalue weighted by Gasteiger charge is -2.30. The zero-order chi connectivity index (χ0) is 12.0. The van der Waals surface area contributed by atoms with E-state index >= 15 is 0 Å². The van der Waals surface area contributed by atoms with E-state index in [-0.39, 0.29) is 11.9 Å². The van der Waals surface area contributed by atoms with Crippen molar-refractivity contribution in [2.45, 2.75) is 70.9 Å². The fraction of sp³-hybridized carbons (Fsp3) is 0.923. The summed E-state index contributed by atoms with van der Waals surface area (Å²) in [4.78, 5) is 11.7. The second kappa shape index (κ2) is 6.89. The molecular formula is C13H26N2O. The summed E-state index contributed by atoms with van der Waals surface area (Å²) in [6.07, 6.45) is 8.04. The van der Waals surface area contributed by atoms with Gasteiger partial charge in [-0.15, -0.1) is 0 Å². The Kier molecular flexibility index (Phi) is 5.81. The number of carbonyl (C=O) groups is 1. The minimum absolute atomic E-state index is 0.0381. The molecule has 2 unspecified atom stereocenters. The Hall–Kier alpha value is -0.570. The summed E-state index contributed by atoms with van der Waals surface area (Å²) >= 11 is 0. The van der Waals surface area contributed by atoms with Crippen LogP contribution in [-0.2, 0) is 4.79 Å². The standard InChI is InChI=1S/C13H26N2O/c1-3-12(11-7-5-4-6-8-11)15-13(16)9-10(2)14/h10-12H,3-9,14H2,1-2H3,(H,15,16). The number of hydrogen-bond donors (Lipinski definition) is 2. The number of amides is 1. The van der Waals surface area contributed by atoms with E-state index < -0.39 is 0 Å². The van der Waals surface area contributed by atoms with Crippen molar-refractivity contribution in [1.29, 1.82) is 0 Å². The first-order chi connectivity index (χ1) is 7.63. The number of nitrogens with two attached hydrogens (primary N) is 1. The normalized spacial score (nSPS) is 21.4. The van der Waals surface area contributed by atoms with Gasteiger partial charge in [0.2, 0.25) is 5.91 Å². The van der Waals surface area contributed by atoms with Crippen LogP contribution in [-0.4, -0.2) is 18.0 Å². The van der Waals surface area contributed by atoms with E-state index in [1.54, 1.807) is 0 Å². The molecule has 3 nitrogen and oxygen atoms in total. The summed E-state index contributed by atoms with van der Waals surface area (Å²) in [7, 11) is 0. The maximum atomic E-state index is 11.7. The molecule has 0 aromatic carbocycles. The summed E-state index contributed by atoms with van der Waals surface area (Å²) in [6, 6.07) is 0.329. The first kappa shape index (κ1) is 13.5. The molecule has 0 aromatic rings. The van der Waals surface area contributed by atoms with Crippen molar-refractivity contribution in [3.05, 3.63) is 0 Å². The molecule has 2 atom stereocenters. The Bertz CT molecular complexity index is 210. The fourth-order valence-corrected chi connectivity index (χ4v) is 2.65. The van der Waals surface area contributed by atoms with Gasteiger partial charge in [0, 0.05) is 18.5 Å². The van der Waals surface area contributed by atoms with E-state index in [1.165, 1.54) is 32.1 Å². The van der Waals surface area contributed by atoms with Crippen molar-refractivity contribution < 1.29 is 4.79 Å². The summed E-state index contributed by atoms with van der Waals surface area (Å²) in [5.41, 5.74) is 5.63. The molecule has 3 N–H and O–H groups in total. The highest BCUT2D eigenvalue weighted by molar-refractivity contribution is 5.76. The second-order valence-electron chi connectivity index (χ2n) is 5.16. The molecule has 1 fully saturated rings. The van der Waals surface area contributed by atoms with Gasteiger partial charge in [-0.2, -0.15) is 0 Å². The van der Waals surface area contributed by atoms with Gasteiger partial charge in [-0.1, -0.05) is 26.2 Å². The zero-order valence-electron chi connectivity index (χ0n) is 10.7. The molecule has 1 aliphatic rings. The van der Waals surface area contributed by atoms with Crippen LogP contribution in [0.3, 0.4) is 0 Å². The number of rotatable bonds is 5. The molecule has 16 heavy (non-hydrogen) atoms. The molecule has 94 valence electrons. The van der Waals surface area contributed by atoms with Crippen LogP contribution in [0.4, 0.5) is 0 Å². The minimum Gasteiger partial charge on any atom is -0.353 e. The maximum absolute atomic E-state index is 11.7. The Morgan fingerprint density at radius 2 is 2.00 bits per heavy atom. The molecule has 0 aromatic heterocycles. The van der Waals surface area contributed by atoms with Gasteiger partial charge >= 0.3 is 0 Å². The number of carbonyl (C=O) groups excluding carboxylic acids is 1. The van der Waals surface area contributed by atoms with E-state index in [9.17, 15) is 4.79 Å². The Morgan fingerprint density at radius 1 is 1.38 bits per heavy atom. The molecule has 0 bridgehead atoms. The summed E-state index contributed by atoms with van der Waals surface area (Å²) in [5, 5.41) is 3.15. The minimum atomic E-state index is -0.0381. The average Bonchev–Trinajstić information content (AvgIpc) is 2.26. The van der Waals surface area contributed by atoms with Crippen LogP contribution in [0.5, 0.6) is 0 Å². The Morgan fingerprint density at radius 3 is 2.50 bits per heavy atom. The molecule has 0 radical (unpaired) electrons. The highest BCUT2D eigenvalue weighted by Gasteiger charge is 2.23. The van der Waals surface area contributed by atoms with Crippen LogP contribution >= 0.6 is 0 Å². The van der Waals surface area contributed by atoms with Crippen molar-refractivity contribution in [3.8, 4) is 0 Å². The third-order valence-corrected chi connectivity index (χ3v) is 3.51. The van der Waals surface area contributed by atoms with Gasteiger partial charge in [0.15, 0.2) is 0 Å². The topological polar surface area (TPSA) is 55.1 Å². The van der Waals surface area contributed by atoms with E-state index in [0.29, 0.717) is 18.4 Å². The van der Waals surface area contributed by atoms with E-state index in [1.807, 2.05) is 6.92 Å². The van der Waals surface area contributed by atoms with Crippen LogP contribution in [0.2, 0.25) is 0 Å². The molecule has 0 saturated heterocycles. The monoisotopic (exact) mass is 226 g/mol. The van der Waals surface area contributed by atoms with E-state index in [0.717, 1.165) is 6.42 Å². The van der Waals surface area contributed by atoms with Gasteiger partial charge in [0.25, 0.3) is 0 Å². The van der Waals surface area contributed by atoms with Crippen molar-refractivity contribution in [1.82, 2.24) is 5.32 Å². The highest BCUT2D eigenvalue weighted by Crippen LogP contribution is 2.27. The van der Waals surface area contributed by atoms with Gasteiger partial charge in [-0.3, -0.25) is 4.79 Å². The molecule has 1 rings (SSSR count). The van der Waals surface area contributed by atoms with Gasteiger partial charge in [-0.25, -0.2) is 0 Å². The zero-order valence-corrected chi connectivity index (χ0v) is 10.7. The van der Waals surface area contributed by atoms with E-state index in [2.05, 4.69) is 12.2 Å². The molecule has 0 heterocycles. The SMILES string of the molecule is CCC(NC(=O)CC(C)N)C1CCCCC1. The fourth-order valence-electron chi connectivity index (χ4n) is 2.65. The van der Waals surface area contributed by atoms with E-state index in [4.69, 9.17) is 5.73 Å². The summed E-state index contributed by atoms with van der Waals surface area (Å²) in [5.74, 6) is 0.809. The predicted octanol–water partition coefficient (Wildman–Crippen LogP) is 2.20. The largest absolute Gasteiger partial charge is 0.353 e. The smallest absolute Gasteiger partial charge is 0.221 e. The van der Waals surface area contributed by atoms with Crippen LogP contribution in [0.15, 0.2) is 0 Å². The Labute approximate surface area is 99.2 Å². The number of nitrogens with one attached hydrogen (secondary N) is 1. The predicted molar refractivity (Wildman–Crippen MR) is 67.1 cm³/mol. The van der Waals surface area contributed by atoms with Gasteiger partial charge in [0.1, 0.15) is 0 Å². The molecule has 0 spiro atoms. The lowest BCUT2D eigenvalue weighted by atomic mass is 9.83. The molecule has 3 heteroatoms. The summed E-state index contributed by atoms with van der Waals surface area (Å²) < 4.78 is 0. The Balaban J connectivity index is 2.37. The quantitative estimate of drug-likeness (QED) is 0.755. The third-order valence-electron chi connectivity index (χ3n) is 3.51. The average molecular weight is 226 g/mol. The van der Waals surface area contributed by atoms with Crippen LogP contribution < -0.4 is 11.1 Å². The second-order valence-corrected chi connectivity index (χ2v) is 5.16. The third kappa shape index (κ3) is 4.52.